The van der Waals surface area contributed by atoms with E-state index in [1.807, 2.05) is 13.8 Å². The molecule has 18 heavy (non-hydrogen) atoms. The molecule has 1 unspecified atom stereocenters. The van der Waals surface area contributed by atoms with E-state index < -0.39 is 11.9 Å². The fraction of sp³-hybridized carbons (Fsp3) is 0.692. The van der Waals surface area contributed by atoms with Gasteiger partial charge in [-0.05, 0) is 26.0 Å². The summed E-state index contributed by atoms with van der Waals surface area (Å²) >= 11 is 0. The van der Waals surface area contributed by atoms with Crippen molar-refractivity contribution >= 4 is 0 Å². The lowest BCUT2D eigenvalue weighted by Gasteiger charge is -2.35. The smallest absolute Gasteiger partial charge is 0.222 e. The van der Waals surface area contributed by atoms with E-state index >= 15 is 0 Å². The fourth-order valence-corrected chi connectivity index (χ4v) is 1.73. The molecule has 0 aromatic rings. The van der Waals surface area contributed by atoms with E-state index in [4.69, 9.17) is 18.9 Å². The number of aliphatic hydroxyl groups is 1. The van der Waals surface area contributed by atoms with E-state index in [0.717, 1.165) is 0 Å². The van der Waals surface area contributed by atoms with Crippen LogP contribution < -0.4 is 0 Å². The maximum absolute atomic E-state index is 10.0. The highest BCUT2D eigenvalue weighted by Crippen LogP contribution is 2.28. The SMILES string of the molecule is CCOC1(OCC)C=C(OCCOC)C=CC1O. The van der Waals surface area contributed by atoms with E-state index in [9.17, 15) is 5.11 Å². The molecule has 1 atom stereocenters. The highest BCUT2D eigenvalue weighted by Gasteiger charge is 2.39. The number of aliphatic hydroxyl groups excluding tert-OH is 1. The second-order valence-corrected chi connectivity index (χ2v) is 3.78. The van der Waals surface area contributed by atoms with Crippen LogP contribution in [0.2, 0.25) is 0 Å². The maximum atomic E-state index is 10.0. The Morgan fingerprint density at radius 2 is 1.89 bits per heavy atom. The van der Waals surface area contributed by atoms with Gasteiger partial charge in [0.2, 0.25) is 5.79 Å². The molecule has 0 saturated heterocycles. The molecule has 1 N–H and O–H groups in total. The fourth-order valence-electron chi connectivity index (χ4n) is 1.73. The second kappa shape index (κ2) is 7.53. The molecule has 0 radical (unpaired) electrons. The van der Waals surface area contributed by atoms with Crippen LogP contribution in [-0.4, -0.2) is 50.5 Å². The van der Waals surface area contributed by atoms with Crippen LogP contribution in [0.5, 0.6) is 0 Å². The van der Waals surface area contributed by atoms with Gasteiger partial charge in [0.15, 0.2) is 0 Å². The first-order chi connectivity index (χ1) is 8.68. The van der Waals surface area contributed by atoms with E-state index in [1.165, 1.54) is 0 Å². The Labute approximate surface area is 108 Å². The van der Waals surface area contributed by atoms with Gasteiger partial charge in [0.05, 0.1) is 6.61 Å². The molecule has 5 nitrogen and oxygen atoms in total. The van der Waals surface area contributed by atoms with E-state index in [-0.39, 0.29) is 0 Å². The van der Waals surface area contributed by atoms with Gasteiger partial charge >= 0.3 is 0 Å². The van der Waals surface area contributed by atoms with Gasteiger partial charge in [0, 0.05) is 26.4 Å². The van der Waals surface area contributed by atoms with Gasteiger partial charge in [-0.1, -0.05) is 0 Å². The van der Waals surface area contributed by atoms with Crippen molar-refractivity contribution < 1.29 is 24.1 Å². The van der Waals surface area contributed by atoms with Gasteiger partial charge < -0.3 is 24.1 Å². The van der Waals surface area contributed by atoms with Crippen LogP contribution in [0.1, 0.15) is 13.8 Å². The monoisotopic (exact) mass is 258 g/mol. The molecule has 0 heterocycles. The molecule has 1 aliphatic rings. The van der Waals surface area contributed by atoms with Crippen molar-refractivity contribution in [2.24, 2.45) is 0 Å². The zero-order valence-corrected chi connectivity index (χ0v) is 11.2. The lowest BCUT2D eigenvalue weighted by Crippen LogP contribution is -2.46. The minimum Gasteiger partial charge on any atom is -0.491 e. The number of hydrogen-bond donors (Lipinski definition) is 1. The summed E-state index contributed by atoms with van der Waals surface area (Å²) in [6.45, 7) is 5.52. The molecule has 5 heteroatoms. The normalized spacial score (nSPS) is 21.8. The zero-order chi connectivity index (χ0) is 13.4. The summed E-state index contributed by atoms with van der Waals surface area (Å²) in [4.78, 5) is 0. The van der Waals surface area contributed by atoms with Gasteiger partial charge in [0.25, 0.3) is 0 Å². The summed E-state index contributed by atoms with van der Waals surface area (Å²) in [6.07, 6.45) is 4.14. The Morgan fingerprint density at radius 3 is 2.44 bits per heavy atom. The highest BCUT2D eigenvalue weighted by molar-refractivity contribution is 5.26. The number of allylic oxidation sites excluding steroid dienone is 1. The van der Waals surface area contributed by atoms with Gasteiger partial charge in [0.1, 0.15) is 18.5 Å². The van der Waals surface area contributed by atoms with Crippen molar-refractivity contribution in [1.82, 2.24) is 0 Å². The number of hydrogen-bond acceptors (Lipinski definition) is 5. The third kappa shape index (κ3) is 3.81. The van der Waals surface area contributed by atoms with Crippen LogP contribution >= 0.6 is 0 Å². The predicted octanol–water partition coefficient (Wildman–Crippen LogP) is 1.23. The molecular formula is C13H22O5. The van der Waals surface area contributed by atoms with Crippen LogP contribution in [0, 0.1) is 0 Å². The second-order valence-electron chi connectivity index (χ2n) is 3.78. The quantitative estimate of drug-likeness (QED) is 0.524. The summed E-state index contributed by atoms with van der Waals surface area (Å²) in [5.74, 6) is -0.542. The van der Waals surface area contributed by atoms with Crippen molar-refractivity contribution in [3.05, 3.63) is 24.0 Å². The number of methoxy groups -OCH3 is 1. The minimum absolute atomic E-state index is 0.437. The summed E-state index contributed by atoms with van der Waals surface area (Å²) < 4.78 is 21.5. The third-order valence-corrected chi connectivity index (χ3v) is 2.49. The van der Waals surface area contributed by atoms with Crippen molar-refractivity contribution in [1.29, 1.82) is 0 Å². The van der Waals surface area contributed by atoms with Crippen LogP contribution in [0.15, 0.2) is 24.0 Å². The van der Waals surface area contributed by atoms with Crippen LogP contribution in [0.4, 0.5) is 0 Å². The Balaban J connectivity index is 2.76. The summed E-state index contributed by atoms with van der Waals surface area (Å²) in [5.41, 5.74) is 0. The molecule has 104 valence electrons. The molecule has 0 aromatic heterocycles. The van der Waals surface area contributed by atoms with Crippen LogP contribution in [0.25, 0.3) is 0 Å². The van der Waals surface area contributed by atoms with Gasteiger partial charge in [-0.3, -0.25) is 0 Å². The predicted molar refractivity (Wildman–Crippen MR) is 67.0 cm³/mol. The maximum Gasteiger partial charge on any atom is 0.222 e. The molecule has 1 rings (SSSR count). The molecule has 0 saturated carbocycles. The molecule has 0 amide bonds. The van der Waals surface area contributed by atoms with Crippen molar-refractivity contribution in [3.8, 4) is 0 Å². The van der Waals surface area contributed by atoms with Crippen LogP contribution in [-0.2, 0) is 18.9 Å². The van der Waals surface area contributed by atoms with Gasteiger partial charge in [-0.2, -0.15) is 0 Å². The molecule has 0 aliphatic heterocycles. The molecule has 0 aromatic carbocycles. The first kappa shape index (κ1) is 15.2. The third-order valence-electron chi connectivity index (χ3n) is 2.49. The molecule has 1 aliphatic carbocycles. The van der Waals surface area contributed by atoms with Crippen molar-refractivity contribution in [3.63, 3.8) is 0 Å². The van der Waals surface area contributed by atoms with E-state index in [2.05, 4.69) is 0 Å². The van der Waals surface area contributed by atoms with Gasteiger partial charge in [-0.25, -0.2) is 0 Å². The molecule has 0 fully saturated rings. The number of ether oxygens (including phenoxy) is 4. The van der Waals surface area contributed by atoms with Crippen LogP contribution in [0.3, 0.4) is 0 Å². The summed E-state index contributed by atoms with van der Waals surface area (Å²) in [5, 5.41) is 10.0. The first-order valence-electron chi connectivity index (χ1n) is 6.17. The Kier molecular flexibility index (Phi) is 6.35. The topological polar surface area (TPSA) is 57.2 Å². The summed E-state index contributed by atoms with van der Waals surface area (Å²) in [7, 11) is 1.61. The first-order valence-corrected chi connectivity index (χ1v) is 6.17. The molecular weight excluding hydrogens is 236 g/mol. The highest BCUT2D eigenvalue weighted by atomic mass is 16.7. The Morgan fingerprint density at radius 1 is 1.22 bits per heavy atom. The zero-order valence-electron chi connectivity index (χ0n) is 11.2. The minimum atomic E-state index is -1.15. The standard InChI is InChI=1S/C13H22O5/c1-4-17-13(18-5-2)10-11(6-7-12(13)14)16-9-8-15-3/h6-7,10,12,14H,4-5,8-9H2,1-3H3. The van der Waals surface area contributed by atoms with Crippen molar-refractivity contribution in [2.45, 2.75) is 25.7 Å². The lowest BCUT2D eigenvalue weighted by molar-refractivity contribution is -0.240. The lowest BCUT2D eigenvalue weighted by atomic mass is 10.0. The largest absolute Gasteiger partial charge is 0.491 e. The Bertz CT molecular complexity index is 292. The molecule has 0 spiro atoms. The Hall–Kier alpha value is -0.880. The molecule has 0 bridgehead atoms. The number of rotatable bonds is 8. The van der Waals surface area contributed by atoms with E-state index in [1.54, 1.807) is 25.3 Å². The van der Waals surface area contributed by atoms with Crippen molar-refractivity contribution in [2.75, 3.05) is 33.5 Å². The summed E-state index contributed by atoms with van der Waals surface area (Å²) in [6, 6.07) is 0. The van der Waals surface area contributed by atoms with E-state index in [0.29, 0.717) is 32.2 Å². The average molecular weight is 258 g/mol. The average Bonchev–Trinajstić information content (AvgIpc) is 2.35. The van der Waals surface area contributed by atoms with Gasteiger partial charge in [-0.15, -0.1) is 0 Å².